The van der Waals surface area contributed by atoms with E-state index in [2.05, 4.69) is 5.32 Å². The molecule has 0 aliphatic rings. The zero-order valence-electron chi connectivity index (χ0n) is 17.3. The maximum atomic E-state index is 14.0. The van der Waals surface area contributed by atoms with Crippen molar-refractivity contribution in [2.75, 3.05) is 0 Å². The lowest BCUT2D eigenvalue weighted by Crippen LogP contribution is -2.14. The zero-order valence-corrected chi connectivity index (χ0v) is 18.1. The number of aromatic carboxylic acids is 1. The van der Waals surface area contributed by atoms with Gasteiger partial charge in [0.05, 0.1) is 5.56 Å². The third kappa shape index (κ3) is 5.44. The van der Waals surface area contributed by atoms with Crippen molar-refractivity contribution in [3.63, 3.8) is 0 Å². The minimum Gasteiger partial charge on any atom is -0.488 e. The van der Waals surface area contributed by atoms with E-state index >= 15 is 0 Å². The molecule has 0 heterocycles. The van der Waals surface area contributed by atoms with Gasteiger partial charge in [0, 0.05) is 24.2 Å². The van der Waals surface area contributed by atoms with Crippen LogP contribution < -0.4 is 10.1 Å². The number of hydrogen-bond donors (Lipinski definition) is 2. The van der Waals surface area contributed by atoms with E-state index in [1.54, 1.807) is 42.5 Å². The third-order valence-electron chi connectivity index (χ3n) is 5.17. The Bertz CT molecular complexity index is 1210. The summed E-state index contributed by atoms with van der Waals surface area (Å²) in [6, 6.07) is 25.4. The molecule has 0 fully saturated rings. The second kappa shape index (κ2) is 10.8. The van der Waals surface area contributed by atoms with Gasteiger partial charge in [-0.25, -0.2) is 9.18 Å². The van der Waals surface area contributed by atoms with Crippen LogP contribution in [-0.2, 0) is 19.7 Å². The highest BCUT2D eigenvalue weighted by Crippen LogP contribution is 2.29. The predicted octanol–water partition coefficient (Wildman–Crippen LogP) is 5.97. The quantitative estimate of drug-likeness (QED) is 0.346. The number of halogens is 2. The largest absolute Gasteiger partial charge is 0.488 e. The summed E-state index contributed by atoms with van der Waals surface area (Å²) in [4.78, 5) is 11.0. The van der Waals surface area contributed by atoms with Gasteiger partial charge in [-0.3, -0.25) is 0 Å². The Morgan fingerprint density at radius 2 is 1.59 bits per heavy atom. The molecule has 32 heavy (non-hydrogen) atoms. The second-order valence-electron chi connectivity index (χ2n) is 7.25. The number of rotatable bonds is 8. The molecule has 0 spiro atoms. The number of ether oxygens (including phenoxy) is 1. The van der Waals surface area contributed by atoms with Gasteiger partial charge in [-0.05, 0) is 40.6 Å². The first-order valence-corrected chi connectivity index (χ1v) is 10.0. The van der Waals surface area contributed by atoms with E-state index in [9.17, 15) is 9.18 Å². The first-order chi connectivity index (χ1) is 15.1. The van der Waals surface area contributed by atoms with Crippen LogP contribution in [0.5, 0.6) is 5.75 Å². The van der Waals surface area contributed by atoms with Crippen molar-refractivity contribution >= 4 is 29.1 Å². The van der Waals surface area contributed by atoms with Crippen LogP contribution in [0.1, 0.15) is 27.0 Å². The molecule has 6 heteroatoms. The SMILES string of the molecule is Cl.O=C(O)c1ccc(CNCc2c(OCc3ccccc3F)ccc3ccccc23)cc1. The van der Waals surface area contributed by atoms with Gasteiger partial charge >= 0.3 is 5.97 Å². The fourth-order valence-electron chi connectivity index (χ4n) is 3.50. The van der Waals surface area contributed by atoms with E-state index in [0.717, 1.165) is 21.9 Å². The van der Waals surface area contributed by atoms with Gasteiger partial charge in [0.1, 0.15) is 18.2 Å². The van der Waals surface area contributed by atoms with Gasteiger partial charge in [-0.1, -0.05) is 60.7 Å². The summed E-state index contributed by atoms with van der Waals surface area (Å²) in [5, 5.41) is 14.6. The molecule has 0 bridgehead atoms. The second-order valence-corrected chi connectivity index (χ2v) is 7.25. The number of carboxylic acid groups (broad SMARTS) is 1. The molecular formula is C26H23ClFNO3. The maximum absolute atomic E-state index is 14.0. The lowest BCUT2D eigenvalue weighted by Gasteiger charge is -2.15. The summed E-state index contributed by atoms with van der Waals surface area (Å²) in [6.07, 6.45) is 0. The van der Waals surface area contributed by atoms with E-state index in [1.807, 2.05) is 36.4 Å². The molecule has 0 aromatic heterocycles. The van der Waals surface area contributed by atoms with Crippen molar-refractivity contribution in [1.29, 1.82) is 0 Å². The van der Waals surface area contributed by atoms with Gasteiger partial charge < -0.3 is 15.2 Å². The van der Waals surface area contributed by atoms with Crippen LogP contribution in [-0.4, -0.2) is 11.1 Å². The van der Waals surface area contributed by atoms with Crippen LogP contribution in [0.25, 0.3) is 10.8 Å². The fourth-order valence-corrected chi connectivity index (χ4v) is 3.50. The first kappa shape index (κ1) is 23.3. The lowest BCUT2D eigenvalue weighted by atomic mass is 10.0. The Morgan fingerprint density at radius 1 is 0.875 bits per heavy atom. The van der Waals surface area contributed by atoms with E-state index in [4.69, 9.17) is 9.84 Å². The molecule has 0 atom stereocenters. The number of hydrogen-bond acceptors (Lipinski definition) is 3. The third-order valence-corrected chi connectivity index (χ3v) is 5.17. The molecule has 0 amide bonds. The van der Waals surface area contributed by atoms with Gasteiger partial charge in [0.2, 0.25) is 0 Å². The highest BCUT2D eigenvalue weighted by molar-refractivity contribution is 5.88. The highest BCUT2D eigenvalue weighted by atomic mass is 35.5. The first-order valence-electron chi connectivity index (χ1n) is 10.0. The van der Waals surface area contributed by atoms with Gasteiger partial charge in [-0.15, -0.1) is 12.4 Å². The average molecular weight is 452 g/mol. The van der Waals surface area contributed by atoms with Crippen molar-refractivity contribution < 1.29 is 19.0 Å². The van der Waals surface area contributed by atoms with Crippen molar-refractivity contribution in [2.24, 2.45) is 0 Å². The van der Waals surface area contributed by atoms with Crippen LogP contribution in [0, 0.1) is 5.82 Å². The number of carboxylic acids is 1. The molecule has 164 valence electrons. The van der Waals surface area contributed by atoms with Crippen LogP contribution in [0.15, 0.2) is 84.9 Å². The average Bonchev–Trinajstić information content (AvgIpc) is 2.79. The molecule has 4 aromatic carbocycles. The molecule has 4 rings (SSSR count). The van der Waals surface area contributed by atoms with E-state index in [-0.39, 0.29) is 30.4 Å². The summed E-state index contributed by atoms with van der Waals surface area (Å²) < 4.78 is 20.0. The van der Waals surface area contributed by atoms with Crippen LogP contribution in [0.4, 0.5) is 4.39 Å². The molecule has 4 nitrogen and oxygen atoms in total. The summed E-state index contributed by atoms with van der Waals surface area (Å²) in [7, 11) is 0. The van der Waals surface area contributed by atoms with Gasteiger partial charge in [-0.2, -0.15) is 0 Å². The lowest BCUT2D eigenvalue weighted by molar-refractivity contribution is 0.0697. The normalized spacial score (nSPS) is 10.5. The fraction of sp³-hybridized carbons (Fsp3) is 0.115. The Kier molecular flexibility index (Phi) is 7.82. The van der Waals surface area contributed by atoms with Crippen molar-refractivity contribution in [3.05, 3.63) is 113 Å². The summed E-state index contributed by atoms with van der Waals surface area (Å²) >= 11 is 0. The smallest absolute Gasteiger partial charge is 0.335 e. The van der Waals surface area contributed by atoms with Crippen molar-refractivity contribution in [2.45, 2.75) is 19.7 Å². The summed E-state index contributed by atoms with van der Waals surface area (Å²) in [6.45, 7) is 1.28. The monoisotopic (exact) mass is 451 g/mol. The number of carbonyl (C=O) groups is 1. The Hall–Kier alpha value is -3.41. The van der Waals surface area contributed by atoms with Gasteiger partial charge in [0.25, 0.3) is 0 Å². The molecule has 0 saturated heterocycles. The molecular weight excluding hydrogens is 429 g/mol. The molecule has 0 unspecified atom stereocenters. The molecule has 0 radical (unpaired) electrons. The molecule has 2 N–H and O–H groups in total. The number of benzene rings is 4. The van der Waals surface area contributed by atoms with E-state index < -0.39 is 5.97 Å². The van der Waals surface area contributed by atoms with Crippen molar-refractivity contribution in [3.8, 4) is 5.75 Å². The van der Waals surface area contributed by atoms with Crippen molar-refractivity contribution in [1.82, 2.24) is 5.32 Å². The highest BCUT2D eigenvalue weighted by Gasteiger charge is 2.11. The molecule has 4 aromatic rings. The van der Waals surface area contributed by atoms with Crippen LogP contribution in [0.2, 0.25) is 0 Å². The Labute approximate surface area is 192 Å². The number of fused-ring (bicyclic) bond motifs is 1. The van der Waals surface area contributed by atoms with E-state index in [1.165, 1.54) is 6.07 Å². The van der Waals surface area contributed by atoms with Gasteiger partial charge in [0.15, 0.2) is 0 Å². The summed E-state index contributed by atoms with van der Waals surface area (Å²) in [5.74, 6) is -0.518. The van der Waals surface area contributed by atoms with Crippen LogP contribution >= 0.6 is 12.4 Å². The maximum Gasteiger partial charge on any atom is 0.335 e. The van der Waals surface area contributed by atoms with E-state index in [0.29, 0.717) is 24.4 Å². The Morgan fingerprint density at radius 3 is 2.34 bits per heavy atom. The number of nitrogens with one attached hydrogen (secondary N) is 1. The molecule has 0 aliphatic carbocycles. The topological polar surface area (TPSA) is 58.6 Å². The Balaban J connectivity index is 0.00000289. The summed E-state index contributed by atoms with van der Waals surface area (Å²) in [5.41, 5.74) is 2.75. The van der Waals surface area contributed by atoms with Crippen LogP contribution in [0.3, 0.4) is 0 Å². The standard InChI is InChI=1S/C26H22FNO3.ClH/c27-24-8-4-2-6-21(24)17-31-25-14-13-19-5-1-3-7-22(19)23(25)16-28-15-18-9-11-20(12-10-18)26(29)30;/h1-14,28H,15-17H2,(H,29,30);1H. The molecule has 0 saturated carbocycles. The minimum absolute atomic E-state index is 0. The zero-order chi connectivity index (χ0) is 21.6. The molecule has 0 aliphatic heterocycles. The minimum atomic E-state index is -0.938. The predicted molar refractivity (Wildman–Crippen MR) is 126 cm³/mol.